The zero-order chi connectivity index (χ0) is 22.8. The summed E-state index contributed by atoms with van der Waals surface area (Å²) in [4.78, 5) is 14.4. The van der Waals surface area contributed by atoms with E-state index < -0.39 is 17.8 Å². The highest BCUT2D eigenvalue weighted by atomic mass is 32.1. The van der Waals surface area contributed by atoms with Crippen LogP contribution in [0.5, 0.6) is 0 Å². The van der Waals surface area contributed by atoms with Crippen molar-refractivity contribution >= 4 is 17.2 Å². The first-order valence-corrected chi connectivity index (χ1v) is 10.7. The molecule has 2 heterocycles. The van der Waals surface area contributed by atoms with E-state index in [9.17, 15) is 18.0 Å². The zero-order valence-corrected chi connectivity index (χ0v) is 18.4. The lowest BCUT2D eigenvalue weighted by atomic mass is 10.0. The van der Waals surface area contributed by atoms with Crippen LogP contribution in [0.2, 0.25) is 0 Å². The van der Waals surface area contributed by atoms with Crippen molar-refractivity contribution in [2.45, 2.75) is 38.9 Å². The molecule has 0 spiro atoms. The first-order chi connectivity index (χ1) is 14.6. The van der Waals surface area contributed by atoms with Crippen molar-refractivity contribution in [3.05, 3.63) is 63.0 Å². The van der Waals surface area contributed by atoms with Crippen LogP contribution in [0, 0.1) is 6.92 Å². The van der Waals surface area contributed by atoms with Gasteiger partial charge >= 0.3 is 6.18 Å². The minimum Gasteiger partial charge on any atom is -0.347 e. The van der Waals surface area contributed by atoms with E-state index in [1.807, 2.05) is 26.2 Å². The highest BCUT2D eigenvalue weighted by Crippen LogP contribution is 2.33. The lowest BCUT2D eigenvalue weighted by Crippen LogP contribution is -2.41. The summed E-state index contributed by atoms with van der Waals surface area (Å²) in [6, 6.07) is 6.44. The Labute approximate surface area is 183 Å². The lowest BCUT2D eigenvalue weighted by molar-refractivity contribution is -0.137. The molecule has 5 nitrogen and oxygen atoms in total. The Hall–Kier alpha value is -2.65. The van der Waals surface area contributed by atoms with E-state index in [1.165, 1.54) is 17.4 Å². The molecule has 1 amide bonds. The fraction of sp³-hybridized carbons (Fsp3) is 0.364. The number of hydrogen-bond donors (Lipinski definition) is 2. The number of carbonyl (C=O) groups is 1. The second-order valence-corrected chi connectivity index (χ2v) is 8.64. The van der Waals surface area contributed by atoms with Crippen LogP contribution in [0.25, 0.3) is 11.3 Å². The molecule has 0 saturated carbocycles. The van der Waals surface area contributed by atoms with Crippen LogP contribution >= 0.6 is 11.3 Å². The van der Waals surface area contributed by atoms with Gasteiger partial charge < -0.3 is 11.1 Å². The largest absolute Gasteiger partial charge is 0.416 e. The fourth-order valence-corrected chi connectivity index (χ4v) is 4.45. The SMILES string of the molecule is CCc1cnn(C)c1-c1cc(C(=O)NC(CN)Cc2cccc(C(F)(F)F)c2)sc1C. The van der Waals surface area contributed by atoms with Gasteiger partial charge in [-0.1, -0.05) is 25.1 Å². The zero-order valence-electron chi connectivity index (χ0n) is 17.6. The maximum Gasteiger partial charge on any atom is 0.416 e. The highest BCUT2D eigenvalue weighted by molar-refractivity contribution is 7.14. The summed E-state index contributed by atoms with van der Waals surface area (Å²) < 4.78 is 40.7. The van der Waals surface area contributed by atoms with E-state index in [2.05, 4.69) is 17.3 Å². The Morgan fingerprint density at radius 2 is 2.06 bits per heavy atom. The predicted octanol–water partition coefficient (Wildman–Crippen LogP) is 4.34. The van der Waals surface area contributed by atoms with Gasteiger partial charge in [-0.25, -0.2) is 0 Å². The van der Waals surface area contributed by atoms with E-state index in [4.69, 9.17) is 5.73 Å². The average Bonchev–Trinajstić information content (AvgIpc) is 3.28. The molecule has 3 aromatic rings. The molecule has 166 valence electrons. The van der Waals surface area contributed by atoms with Gasteiger partial charge in [0.15, 0.2) is 0 Å². The van der Waals surface area contributed by atoms with Gasteiger partial charge in [0.2, 0.25) is 0 Å². The number of halogens is 3. The number of amides is 1. The van der Waals surface area contributed by atoms with Gasteiger partial charge in [0.25, 0.3) is 5.91 Å². The molecule has 0 aliphatic carbocycles. The summed E-state index contributed by atoms with van der Waals surface area (Å²) in [5, 5.41) is 7.18. The number of aromatic nitrogens is 2. The Morgan fingerprint density at radius 1 is 1.32 bits per heavy atom. The van der Waals surface area contributed by atoms with Crippen molar-refractivity contribution in [1.82, 2.24) is 15.1 Å². The Kier molecular flexibility index (Phi) is 6.86. The number of aryl methyl sites for hydroxylation is 3. The van der Waals surface area contributed by atoms with Gasteiger partial charge in [0.05, 0.1) is 22.3 Å². The minimum absolute atomic E-state index is 0.112. The maximum atomic E-state index is 13.0. The topological polar surface area (TPSA) is 72.9 Å². The summed E-state index contributed by atoms with van der Waals surface area (Å²) in [6.07, 6.45) is -1.55. The Balaban J connectivity index is 1.77. The van der Waals surface area contributed by atoms with E-state index >= 15 is 0 Å². The van der Waals surface area contributed by atoms with Crippen LogP contribution in [0.15, 0.2) is 36.5 Å². The second-order valence-electron chi connectivity index (χ2n) is 7.38. The molecule has 0 saturated heterocycles. The first-order valence-electron chi connectivity index (χ1n) is 9.92. The van der Waals surface area contributed by atoms with E-state index in [1.54, 1.807) is 10.7 Å². The summed E-state index contributed by atoms with van der Waals surface area (Å²) in [6.45, 7) is 4.11. The molecule has 3 N–H and O–H groups in total. The second kappa shape index (κ2) is 9.23. The van der Waals surface area contributed by atoms with Crippen molar-refractivity contribution in [2.75, 3.05) is 6.54 Å². The van der Waals surface area contributed by atoms with Crippen LogP contribution in [0.3, 0.4) is 0 Å². The Morgan fingerprint density at radius 3 is 2.71 bits per heavy atom. The van der Waals surface area contributed by atoms with Crippen molar-refractivity contribution in [1.29, 1.82) is 0 Å². The molecular weight excluding hydrogens is 425 g/mol. The summed E-state index contributed by atoms with van der Waals surface area (Å²) >= 11 is 1.37. The van der Waals surface area contributed by atoms with Crippen LogP contribution in [-0.2, 0) is 26.1 Å². The lowest BCUT2D eigenvalue weighted by Gasteiger charge is -2.17. The molecule has 1 unspecified atom stereocenters. The van der Waals surface area contributed by atoms with Gasteiger partial charge in [-0.2, -0.15) is 18.3 Å². The van der Waals surface area contributed by atoms with Crippen molar-refractivity contribution < 1.29 is 18.0 Å². The van der Waals surface area contributed by atoms with Crippen molar-refractivity contribution in [3.63, 3.8) is 0 Å². The van der Waals surface area contributed by atoms with E-state index in [0.717, 1.165) is 40.3 Å². The highest BCUT2D eigenvalue weighted by Gasteiger charge is 2.30. The molecule has 2 aromatic heterocycles. The van der Waals surface area contributed by atoms with Crippen molar-refractivity contribution in [3.8, 4) is 11.3 Å². The molecule has 31 heavy (non-hydrogen) atoms. The van der Waals surface area contributed by atoms with Crippen LogP contribution in [0.1, 0.15) is 38.2 Å². The van der Waals surface area contributed by atoms with Crippen LogP contribution in [0.4, 0.5) is 13.2 Å². The van der Waals surface area contributed by atoms with Gasteiger partial charge in [0.1, 0.15) is 0 Å². The molecule has 1 aromatic carbocycles. The van der Waals surface area contributed by atoms with Crippen LogP contribution in [-0.4, -0.2) is 28.3 Å². The smallest absolute Gasteiger partial charge is 0.347 e. The number of carbonyl (C=O) groups excluding carboxylic acids is 1. The molecule has 0 bridgehead atoms. The third-order valence-corrected chi connectivity index (χ3v) is 6.20. The molecule has 3 rings (SSSR count). The predicted molar refractivity (Wildman–Crippen MR) is 116 cm³/mol. The quantitative estimate of drug-likeness (QED) is 0.563. The third kappa shape index (κ3) is 5.16. The summed E-state index contributed by atoms with van der Waals surface area (Å²) in [5.74, 6) is -0.290. The normalized spacial score (nSPS) is 12.7. The number of nitrogens with two attached hydrogens (primary N) is 1. The fourth-order valence-electron chi connectivity index (χ4n) is 3.53. The minimum atomic E-state index is -4.41. The number of nitrogens with one attached hydrogen (secondary N) is 1. The number of hydrogen-bond acceptors (Lipinski definition) is 4. The van der Waals surface area contributed by atoms with Crippen LogP contribution < -0.4 is 11.1 Å². The molecule has 0 aliphatic rings. The van der Waals surface area contributed by atoms with E-state index in [0.29, 0.717) is 10.4 Å². The molecule has 0 fully saturated rings. The third-order valence-electron chi connectivity index (χ3n) is 5.15. The first kappa shape index (κ1) is 23.0. The number of benzene rings is 1. The monoisotopic (exact) mass is 450 g/mol. The summed E-state index contributed by atoms with van der Waals surface area (Å²) in [7, 11) is 1.87. The molecule has 9 heteroatoms. The van der Waals surface area contributed by atoms with Crippen molar-refractivity contribution in [2.24, 2.45) is 12.8 Å². The molecule has 0 radical (unpaired) electrons. The molecule has 1 atom stereocenters. The Bertz CT molecular complexity index is 1070. The molecular formula is C22H25F3N4OS. The van der Waals surface area contributed by atoms with Gasteiger partial charge in [0, 0.05) is 30.1 Å². The number of rotatable bonds is 7. The number of alkyl halides is 3. The maximum absolute atomic E-state index is 13.0. The molecule has 0 aliphatic heterocycles. The van der Waals surface area contributed by atoms with Gasteiger partial charge in [-0.15, -0.1) is 11.3 Å². The summed E-state index contributed by atoms with van der Waals surface area (Å²) in [5.41, 5.74) is 8.58. The van der Waals surface area contributed by atoms with E-state index in [-0.39, 0.29) is 18.9 Å². The van der Waals surface area contributed by atoms with Gasteiger partial charge in [-0.3, -0.25) is 9.48 Å². The number of thiophene rings is 1. The standard InChI is InChI=1S/C22H25F3N4OS/c1-4-15-12-27-29(3)20(15)18-10-19(31-13(18)2)21(30)28-17(11-26)9-14-6-5-7-16(8-14)22(23,24)25/h5-8,10,12,17H,4,9,11,26H2,1-3H3,(H,28,30). The van der Waals surface area contributed by atoms with Gasteiger partial charge in [-0.05, 0) is 43.0 Å². The average molecular weight is 451 g/mol. The number of nitrogens with zero attached hydrogens (tertiary/aromatic N) is 2.